The van der Waals surface area contributed by atoms with Gasteiger partial charge in [0, 0.05) is 36.9 Å². The maximum atomic E-state index is 11.6. The first-order valence-corrected chi connectivity index (χ1v) is 7.07. The summed E-state index contributed by atoms with van der Waals surface area (Å²) >= 11 is 0. The highest BCUT2D eigenvalue weighted by molar-refractivity contribution is 5.43. The molecule has 4 heteroatoms. The molecule has 1 saturated carbocycles. The van der Waals surface area contributed by atoms with Crippen molar-refractivity contribution in [3.63, 3.8) is 0 Å². The first-order valence-electron chi connectivity index (χ1n) is 7.07. The summed E-state index contributed by atoms with van der Waals surface area (Å²) < 4.78 is 7.45. The number of aryl methyl sites for hydroxylation is 1. The number of pyridine rings is 1. The van der Waals surface area contributed by atoms with Crippen LogP contribution in [0.4, 0.5) is 5.69 Å². The first-order chi connectivity index (χ1) is 8.98. The summed E-state index contributed by atoms with van der Waals surface area (Å²) in [6, 6.07) is 3.88. The molecule has 106 valence electrons. The van der Waals surface area contributed by atoms with E-state index in [2.05, 4.69) is 19.2 Å². The van der Waals surface area contributed by atoms with Gasteiger partial charge in [-0.3, -0.25) is 4.79 Å². The van der Waals surface area contributed by atoms with Crippen LogP contribution in [0.3, 0.4) is 0 Å². The molecule has 1 aliphatic carbocycles. The van der Waals surface area contributed by atoms with E-state index < -0.39 is 0 Å². The molecule has 2 unspecified atom stereocenters. The highest BCUT2D eigenvalue weighted by Crippen LogP contribution is 2.44. The molecule has 2 atom stereocenters. The number of nitrogens with zero attached hydrogens (tertiary/aromatic N) is 1. The standard InChI is InChI=1S/C15H24N2O2/c1-5-17-10-11(7-8-14(17)18)16-12-9-13(19-6-2)15(12,3)4/h7-8,10,12-13,16H,5-6,9H2,1-4H3. The Hall–Kier alpha value is -1.29. The molecule has 1 N–H and O–H groups in total. The minimum atomic E-state index is 0.0492. The average molecular weight is 264 g/mol. The Balaban J connectivity index is 2.05. The van der Waals surface area contributed by atoms with E-state index in [4.69, 9.17) is 4.74 Å². The summed E-state index contributed by atoms with van der Waals surface area (Å²) in [4.78, 5) is 11.6. The van der Waals surface area contributed by atoms with Gasteiger partial charge < -0.3 is 14.6 Å². The lowest BCUT2D eigenvalue weighted by Gasteiger charge is -2.52. The smallest absolute Gasteiger partial charge is 0.250 e. The largest absolute Gasteiger partial charge is 0.380 e. The van der Waals surface area contributed by atoms with Crippen molar-refractivity contribution < 1.29 is 4.74 Å². The van der Waals surface area contributed by atoms with Gasteiger partial charge in [0.25, 0.3) is 5.56 Å². The van der Waals surface area contributed by atoms with Gasteiger partial charge in [0.15, 0.2) is 0 Å². The summed E-state index contributed by atoms with van der Waals surface area (Å²) in [5.74, 6) is 0. The molecule has 0 radical (unpaired) electrons. The van der Waals surface area contributed by atoms with E-state index >= 15 is 0 Å². The molecule has 1 aromatic heterocycles. The second kappa shape index (κ2) is 5.37. The number of nitrogens with one attached hydrogen (secondary N) is 1. The molecule has 0 saturated heterocycles. The van der Waals surface area contributed by atoms with E-state index in [0.717, 1.165) is 18.7 Å². The van der Waals surface area contributed by atoms with Gasteiger partial charge in [0.05, 0.1) is 11.8 Å². The van der Waals surface area contributed by atoms with Crippen LogP contribution in [0.15, 0.2) is 23.1 Å². The van der Waals surface area contributed by atoms with Gasteiger partial charge in [0.2, 0.25) is 0 Å². The van der Waals surface area contributed by atoms with Crippen LogP contribution < -0.4 is 10.9 Å². The molecule has 0 aliphatic heterocycles. The second-order valence-electron chi connectivity index (χ2n) is 5.74. The molecule has 1 aliphatic rings. The lowest BCUT2D eigenvalue weighted by molar-refractivity contribution is -0.0976. The van der Waals surface area contributed by atoms with Crippen LogP contribution >= 0.6 is 0 Å². The van der Waals surface area contributed by atoms with E-state index in [1.807, 2.05) is 26.1 Å². The fourth-order valence-corrected chi connectivity index (χ4v) is 2.68. The van der Waals surface area contributed by atoms with Gasteiger partial charge in [0.1, 0.15) is 0 Å². The first kappa shape index (κ1) is 14.1. The zero-order valence-electron chi connectivity index (χ0n) is 12.3. The van der Waals surface area contributed by atoms with Crippen molar-refractivity contribution in [2.24, 2.45) is 5.41 Å². The van der Waals surface area contributed by atoms with Crippen LogP contribution in [0.1, 0.15) is 34.1 Å². The molecule has 0 aromatic carbocycles. The summed E-state index contributed by atoms with van der Waals surface area (Å²) in [5.41, 5.74) is 1.19. The van der Waals surface area contributed by atoms with Gasteiger partial charge in [-0.05, 0) is 26.3 Å². The van der Waals surface area contributed by atoms with E-state index in [1.165, 1.54) is 0 Å². The molecular weight excluding hydrogens is 240 g/mol. The van der Waals surface area contributed by atoms with Crippen LogP contribution in [0.25, 0.3) is 0 Å². The molecule has 0 amide bonds. The van der Waals surface area contributed by atoms with Gasteiger partial charge in [-0.2, -0.15) is 0 Å². The third kappa shape index (κ3) is 2.68. The third-order valence-electron chi connectivity index (χ3n) is 4.21. The Kier molecular flexibility index (Phi) is 3.99. The fraction of sp³-hybridized carbons (Fsp3) is 0.667. The summed E-state index contributed by atoms with van der Waals surface area (Å²) in [6.07, 6.45) is 3.24. The van der Waals surface area contributed by atoms with E-state index in [0.29, 0.717) is 18.7 Å². The Morgan fingerprint density at radius 2 is 2.16 bits per heavy atom. The van der Waals surface area contributed by atoms with Crippen molar-refractivity contribution in [3.8, 4) is 0 Å². The second-order valence-corrected chi connectivity index (χ2v) is 5.74. The molecule has 1 heterocycles. The predicted molar refractivity (Wildman–Crippen MR) is 77.6 cm³/mol. The van der Waals surface area contributed by atoms with E-state index in [-0.39, 0.29) is 11.0 Å². The topological polar surface area (TPSA) is 43.3 Å². The number of ether oxygens (including phenoxy) is 1. The Morgan fingerprint density at radius 1 is 1.42 bits per heavy atom. The molecule has 0 bridgehead atoms. The minimum absolute atomic E-state index is 0.0492. The Labute approximate surface area is 114 Å². The zero-order valence-corrected chi connectivity index (χ0v) is 12.3. The van der Waals surface area contributed by atoms with Crippen LogP contribution in [-0.2, 0) is 11.3 Å². The number of rotatable bonds is 5. The highest BCUT2D eigenvalue weighted by Gasteiger charge is 2.48. The average Bonchev–Trinajstić information content (AvgIpc) is 2.39. The van der Waals surface area contributed by atoms with E-state index in [1.54, 1.807) is 10.6 Å². The summed E-state index contributed by atoms with van der Waals surface area (Å²) in [5, 5.41) is 3.52. The normalized spacial score (nSPS) is 24.8. The van der Waals surface area contributed by atoms with Crippen molar-refractivity contribution in [2.75, 3.05) is 11.9 Å². The summed E-state index contributed by atoms with van der Waals surface area (Å²) in [6.45, 7) is 9.93. The molecule has 19 heavy (non-hydrogen) atoms. The van der Waals surface area contributed by atoms with Gasteiger partial charge in [-0.25, -0.2) is 0 Å². The monoisotopic (exact) mass is 264 g/mol. The molecule has 1 fully saturated rings. The zero-order chi connectivity index (χ0) is 14.0. The van der Waals surface area contributed by atoms with Crippen LogP contribution in [0.5, 0.6) is 0 Å². The lowest BCUT2D eigenvalue weighted by Crippen LogP contribution is -2.58. The molecule has 4 nitrogen and oxygen atoms in total. The maximum Gasteiger partial charge on any atom is 0.250 e. The lowest BCUT2D eigenvalue weighted by atomic mass is 9.64. The molecule has 2 rings (SSSR count). The third-order valence-corrected chi connectivity index (χ3v) is 4.21. The Morgan fingerprint density at radius 3 is 2.74 bits per heavy atom. The van der Waals surface area contributed by atoms with Crippen molar-refractivity contribution >= 4 is 5.69 Å². The van der Waals surface area contributed by atoms with Crippen LogP contribution in [0.2, 0.25) is 0 Å². The van der Waals surface area contributed by atoms with E-state index in [9.17, 15) is 4.79 Å². The Bertz CT molecular complexity index is 493. The van der Waals surface area contributed by atoms with Crippen LogP contribution in [-0.4, -0.2) is 23.3 Å². The van der Waals surface area contributed by atoms with Crippen molar-refractivity contribution in [2.45, 2.75) is 52.8 Å². The maximum absolute atomic E-state index is 11.6. The van der Waals surface area contributed by atoms with Crippen molar-refractivity contribution in [3.05, 3.63) is 28.7 Å². The van der Waals surface area contributed by atoms with Gasteiger partial charge in [-0.15, -0.1) is 0 Å². The molecule has 0 spiro atoms. The number of aromatic nitrogens is 1. The summed E-state index contributed by atoms with van der Waals surface area (Å²) in [7, 11) is 0. The number of anilines is 1. The van der Waals surface area contributed by atoms with Crippen LogP contribution in [0, 0.1) is 5.41 Å². The van der Waals surface area contributed by atoms with Gasteiger partial charge >= 0.3 is 0 Å². The SMILES string of the molecule is CCOC1CC(Nc2ccc(=O)n(CC)c2)C1(C)C. The highest BCUT2D eigenvalue weighted by atomic mass is 16.5. The quantitative estimate of drug-likeness (QED) is 0.888. The minimum Gasteiger partial charge on any atom is -0.380 e. The predicted octanol–water partition coefficient (Wildman–Crippen LogP) is 2.48. The van der Waals surface area contributed by atoms with Gasteiger partial charge in [-0.1, -0.05) is 13.8 Å². The van der Waals surface area contributed by atoms with Crippen molar-refractivity contribution in [1.29, 1.82) is 0 Å². The molecule has 1 aromatic rings. The van der Waals surface area contributed by atoms with Crippen molar-refractivity contribution in [1.82, 2.24) is 4.57 Å². The molecular formula is C15H24N2O2. The fourth-order valence-electron chi connectivity index (χ4n) is 2.68. The number of hydrogen-bond donors (Lipinski definition) is 1. The number of hydrogen-bond acceptors (Lipinski definition) is 3.